The SMILES string of the molecule is C/C=C/OCCCC1CCCCS(=O)(=O)C1. The van der Waals surface area contributed by atoms with Gasteiger partial charge in [0.2, 0.25) is 0 Å². The van der Waals surface area contributed by atoms with Gasteiger partial charge in [0.05, 0.1) is 24.4 Å². The number of rotatable bonds is 5. The van der Waals surface area contributed by atoms with Gasteiger partial charge in [-0.2, -0.15) is 0 Å². The molecule has 0 aliphatic carbocycles. The highest BCUT2D eigenvalue weighted by Gasteiger charge is 2.22. The Morgan fingerprint density at radius 1 is 1.38 bits per heavy atom. The van der Waals surface area contributed by atoms with Crippen molar-refractivity contribution in [3.05, 3.63) is 12.3 Å². The van der Waals surface area contributed by atoms with Gasteiger partial charge < -0.3 is 4.74 Å². The first kappa shape index (κ1) is 13.6. The van der Waals surface area contributed by atoms with E-state index >= 15 is 0 Å². The molecule has 0 bridgehead atoms. The van der Waals surface area contributed by atoms with Crippen molar-refractivity contribution < 1.29 is 13.2 Å². The molecular formula is C12H22O3S. The molecule has 3 nitrogen and oxygen atoms in total. The summed E-state index contributed by atoms with van der Waals surface area (Å²) in [7, 11) is -2.77. The Hall–Kier alpha value is -0.510. The molecular weight excluding hydrogens is 224 g/mol. The van der Waals surface area contributed by atoms with E-state index in [1.54, 1.807) is 6.26 Å². The summed E-state index contributed by atoms with van der Waals surface area (Å²) in [5, 5.41) is 0. The van der Waals surface area contributed by atoms with E-state index in [1.807, 2.05) is 13.0 Å². The maximum Gasteiger partial charge on any atom is 0.150 e. The highest BCUT2D eigenvalue weighted by Crippen LogP contribution is 2.22. The maximum absolute atomic E-state index is 11.6. The lowest BCUT2D eigenvalue weighted by molar-refractivity contribution is 0.233. The van der Waals surface area contributed by atoms with Crippen molar-refractivity contribution in [2.75, 3.05) is 18.1 Å². The van der Waals surface area contributed by atoms with Crippen molar-refractivity contribution in [1.82, 2.24) is 0 Å². The first-order valence-corrected chi connectivity index (χ1v) is 7.89. The lowest BCUT2D eigenvalue weighted by Gasteiger charge is -2.12. The van der Waals surface area contributed by atoms with Crippen LogP contribution in [0, 0.1) is 5.92 Å². The number of hydrogen-bond acceptors (Lipinski definition) is 3. The zero-order valence-electron chi connectivity index (χ0n) is 10.0. The quantitative estimate of drug-likeness (QED) is 0.553. The Morgan fingerprint density at radius 2 is 2.19 bits per heavy atom. The van der Waals surface area contributed by atoms with Gasteiger partial charge in [0.1, 0.15) is 0 Å². The van der Waals surface area contributed by atoms with Crippen molar-refractivity contribution >= 4 is 9.84 Å². The molecule has 0 aromatic heterocycles. The summed E-state index contributed by atoms with van der Waals surface area (Å²) in [5.74, 6) is 1.12. The molecule has 0 N–H and O–H groups in total. The van der Waals surface area contributed by atoms with E-state index in [0.29, 0.717) is 24.0 Å². The third-order valence-corrected chi connectivity index (χ3v) is 4.80. The summed E-state index contributed by atoms with van der Waals surface area (Å²) in [6, 6.07) is 0. The molecule has 1 saturated heterocycles. The third-order valence-electron chi connectivity index (χ3n) is 2.91. The number of allylic oxidation sites excluding steroid dienone is 1. The van der Waals surface area contributed by atoms with Gasteiger partial charge in [0, 0.05) is 0 Å². The van der Waals surface area contributed by atoms with Gasteiger partial charge in [-0.15, -0.1) is 0 Å². The fraction of sp³-hybridized carbons (Fsp3) is 0.833. The van der Waals surface area contributed by atoms with Gasteiger partial charge >= 0.3 is 0 Å². The summed E-state index contributed by atoms with van der Waals surface area (Å²) in [5.41, 5.74) is 0. The highest BCUT2D eigenvalue weighted by atomic mass is 32.2. The minimum absolute atomic E-state index is 0.349. The predicted molar refractivity (Wildman–Crippen MR) is 66.0 cm³/mol. The second kappa shape index (κ2) is 6.94. The molecule has 0 aromatic rings. The summed E-state index contributed by atoms with van der Waals surface area (Å²) in [4.78, 5) is 0. The molecule has 1 aliphatic rings. The monoisotopic (exact) mass is 246 g/mol. The van der Waals surface area contributed by atoms with E-state index in [2.05, 4.69) is 0 Å². The molecule has 0 spiro atoms. The number of sulfone groups is 1. The van der Waals surface area contributed by atoms with Crippen molar-refractivity contribution in [2.45, 2.75) is 39.0 Å². The molecule has 0 aromatic carbocycles. The minimum Gasteiger partial charge on any atom is -0.502 e. The van der Waals surface area contributed by atoms with Gasteiger partial charge in [-0.3, -0.25) is 0 Å². The maximum atomic E-state index is 11.6. The van der Waals surface area contributed by atoms with Gasteiger partial charge in [-0.25, -0.2) is 8.42 Å². The van der Waals surface area contributed by atoms with E-state index in [9.17, 15) is 8.42 Å². The van der Waals surface area contributed by atoms with Crippen LogP contribution >= 0.6 is 0 Å². The third kappa shape index (κ3) is 5.54. The van der Waals surface area contributed by atoms with Gasteiger partial charge in [-0.1, -0.05) is 12.5 Å². The lowest BCUT2D eigenvalue weighted by Crippen LogP contribution is -2.16. The fourth-order valence-corrected chi connectivity index (χ4v) is 3.99. The van der Waals surface area contributed by atoms with Crippen LogP contribution in [-0.2, 0) is 14.6 Å². The van der Waals surface area contributed by atoms with Crippen LogP contribution in [-0.4, -0.2) is 26.5 Å². The number of ether oxygens (including phenoxy) is 1. The van der Waals surface area contributed by atoms with Crippen LogP contribution in [0.1, 0.15) is 39.0 Å². The van der Waals surface area contributed by atoms with E-state index in [0.717, 1.165) is 32.1 Å². The molecule has 1 aliphatic heterocycles. The number of hydrogen-bond donors (Lipinski definition) is 0. The molecule has 0 amide bonds. The molecule has 1 unspecified atom stereocenters. The zero-order chi connectivity index (χ0) is 11.9. The summed E-state index contributed by atoms with van der Waals surface area (Å²) >= 11 is 0. The minimum atomic E-state index is -2.77. The highest BCUT2D eigenvalue weighted by molar-refractivity contribution is 7.91. The molecule has 1 fully saturated rings. The Balaban J connectivity index is 2.25. The van der Waals surface area contributed by atoms with E-state index in [4.69, 9.17) is 4.74 Å². The zero-order valence-corrected chi connectivity index (χ0v) is 10.8. The van der Waals surface area contributed by atoms with Gasteiger partial charge in [-0.05, 0) is 38.5 Å². The second-order valence-electron chi connectivity index (χ2n) is 4.46. The standard InChI is InChI=1S/C12H22O3S/c1-2-8-15-9-5-7-12-6-3-4-10-16(13,14)11-12/h2,8,12H,3-7,9-11H2,1H3/b8-2+. The lowest BCUT2D eigenvalue weighted by atomic mass is 9.99. The second-order valence-corrected chi connectivity index (χ2v) is 6.69. The van der Waals surface area contributed by atoms with Crippen molar-refractivity contribution in [1.29, 1.82) is 0 Å². The normalized spacial score (nSPS) is 25.4. The Kier molecular flexibility index (Phi) is 5.88. The topological polar surface area (TPSA) is 43.4 Å². The average Bonchev–Trinajstić information content (AvgIpc) is 2.39. The largest absolute Gasteiger partial charge is 0.502 e. The first-order valence-electron chi connectivity index (χ1n) is 6.07. The van der Waals surface area contributed by atoms with Crippen LogP contribution in [0.4, 0.5) is 0 Å². The summed E-state index contributed by atoms with van der Waals surface area (Å²) < 4.78 is 28.4. The fourth-order valence-electron chi connectivity index (χ4n) is 2.13. The first-order chi connectivity index (χ1) is 7.64. The molecule has 4 heteroatoms. The van der Waals surface area contributed by atoms with Crippen molar-refractivity contribution in [2.24, 2.45) is 5.92 Å². The van der Waals surface area contributed by atoms with Crippen LogP contribution in [0.2, 0.25) is 0 Å². The van der Waals surface area contributed by atoms with E-state index in [-0.39, 0.29) is 0 Å². The Bertz CT molecular complexity index is 306. The summed E-state index contributed by atoms with van der Waals surface area (Å²) in [6.07, 6.45) is 8.41. The van der Waals surface area contributed by atoms with Gasteiger partial charge in [0.15, 0.2) is 9.84 Å². The van der Waals surface area contributed by atoms with Crippen LogP contribution < -0.4 is 0 Å². The Morgan fingerprint density at radius 3 is 2.94 bits per heavy atom. The van der Waals surface area contributed by atoms with Gasteiger partial charge in [0.25, 0.3) is 0 Å². The van der Waals surface area contributed by atoms with Crippen LogP contribution in [0.3, 0.4) is 0 Å². The predicted octanol–water partition coefficient (Wildman–Crippen LogP) is 2.53. The van der Waals surface area contributed by atoms with Crippen molar-refractivity contribution in [3.8, 4) is 0 Å². The summed E-state index contributed by atoms with van der Waals surface area (Å²) in [6.45, 7) is 2.61. The van der Waals surface area contributed by atoms with Crippen LogP contribution in [0.5, 0.6) is 0 Å². The van der Waals surface area contributed by atoms with E-state index < -0.39 is 9.84 Å². The molecule has 16 heavy (non-hydrogen) atoms. The molecule has 1 rings (SSSR count). The molecule has 1 atom stereocenters. The molecule has 1 heterocycles. The Labute approximate surface area is 98.8 Å². The van der Waals surface area contributed by atoms with E-state index in [1.165, 1.54) is 0 Å². The van der Waals surface area contributed by atoms with Crippen molar-refractivity contribution in [3.63, 3.8) is 0 Å². The van der Waals surface area contributed by atoms with Crippen LogP contribution in [0.15, 0.2) is 12.3 Å². The smallest absolute Gasteiger partial charge is 0.150 e. The molecule has 0 radical (unpaired) electrons. The average molecular weight is 246 g/mol. The van der Waals surface area contributed by atoms with Crippen LogP contribution in [0.25, 0.3) is 0 Å². The molecule has 0 saturated carbocycles. The molecule has 94 valence electrons.